The van der Waals surface area contributed by atoms with Gasteiger partial charge in [-0.05, 0) is 37.5 Å². The number of carbonyl (C=O) groups excluding carboxylic acids is 2. The highest BCUT2D eigenvalue weighted by atomic mass is 16.5. The smallest absolute Gasteiger partial charge is 0.228 e. The molecule has 2 unspecified atom stereocenters. The van der Waals surface area contributed by atoms with Crippen molar-refractivity contribution < 1.29 is 14.3 Å². The lowest BCUT2D eigenvalue weighted by atomic mass is 10.1. The van der Waals surface area contributed by atoms with Gasteiger partial charge in [0.1, 0.15) is 0 Å². The zero-order valence-corrected chi connectivity index (χ0v) is 13.1. The highest BCUT2D eigenvalue weighted by Crippen LogP contribution is 2.41. The van der Waals surface area contributed by atoms with Crippen molar-refractivity contribution in [2.24, 2.45) is 11.8 Å². The molecule has 2 atom stereocenters. The second-order valence-corrected chi connectivity index (χ2v) is 6.19. The fourth-order valence-electron chi connectivity index (χ4n) is 2.87. The van der Waals surface area contributed by atoms with Crippen molar-refractivity contribution in [1.82, 2.24) is 4.90 Å². The van der Waals surface area contributed by atoms with Gasteiger partial charge in [0.25, 0.3) is 0 Å². The van der Waals surface area contributed by atoms with Gasteiger partial charge >= 0.3 is 0 Å². The highest BCUT2D eigenvalue weighted by molar-refractivity contribution is 6.00. The van der Waals surface area contributed by atoms with Gasteiger partial charge in [0, 0.05) is 18.8 Å². The van der Waals surface area contributed by atoms with Crippen LogP contribution >= 0.6 is 0 Å². The second-order valence-electron chi connectivity index (χ2n) is 6.19. The Balaban J connectivity index is 1.58. The van der Waals surface area contributed by atoms with Crippen LogP contribution in [-0.2, 0) is 14.3 Å². The Bertz CT molecular complexity index is 594. The number of carbonyl (C=O) groups is 2. The monoisotopic (exact) mass is 302 g/mol. The molecule has 0 radical (unpaired) electrons. The average molecular weight is 302 g/mol. The van der Waals surface area contributed by atoms with Gasteiger partial charge in [0.2, 0.25) is 11.8 Å². The van der Waals surface area contributed by atoms with E-state index in [1.165, 1.54) is 0 Å². The number of hydrogen-bond donors (Lipinski definition) is 1. The number of rotatable bonds is 3. The molecule has 1 aromatic carbocycles. The molecule has 5 heteroatoms. The summed E-state index contributed by atoms with van der Waals surface area (Å²) in [5.74, 6) is -0.275. The molecule has 1 saturated heterocycles. The molecule has 2 aliphatic rings. The lowest BCUT2D eigenvalue weighted by Gasteiger charge is -2.27. The van der Waals surface area contributed by atoms with E-state index >= 15 is 0 Å². The lowest BCUT2D eigenvalue weighted by molar-refractivity contribution is -0.137. The van der Waals surface area contributed by atoms with Crippen LogP contribution in [0.4, 0.5) is 5.69 Å². The highest BCUT2D eigenvalue weighted by Gasteiger charge is 2.49. The minimum absolute atomic E-state index is 0.0414. The van der Waals surface area contributed by atoms with E-state index in [1.807, 2.05) is 36.9 Å². The molecule has 1 aliphatic carbocycles. The molecule has 118 valence electrons. The predicted molar refractivity (Wildman–Crippen MR) is 83.5 cm³/mol. The molecule has 5 nitrogen and oxygen atoms in total. The van der Waals surface area contributed by atoms with E-state index in [1.54, 1.807) is 0 Å². The molecule has 1 aliphatic heterocycles. The molecular weight excluding hydrogens is 280 g/mol. The Morgan fingerprint density at radius 1 is 1.18 bits per heavy atom. The van der Waals surface area contributed by atoms with E-state index in [0.717, 1.165) is 16.8 Å². The van der Waals surface area contributed by atoms with Gasteiger partial charge in [-0.1, -0.05) is 12.1 Å². The van der Waals surface area contributed by atoms with E-state index in [9.17, 15) is 9.59 Å². The third-order valence-corrected chi connectivity index (χ3v) is 4.42. The van der Waals surface area contributed by atoms with Crippen molar-refractivity contribution >= 4 is 17.5 Å². The molecule has 1 saturated carbocycles. The van der Waals surface area contributed by atoms with Crippen LogP contribution in [0.2, 0.25) is 0 Å². The minimum atomic E-state index is -0.185. The third kappa shape index (κ3) is 3.14. The maximum atomic E-state index is 12.3. The number of amides is 2. The summed E-state index contributed by atoms with van der Waals surface area (Å²) in [5.41, 5.74) is 2.99. The molecule has 22 heavy (non-hydrogen) atoms. The minimum Gasteiger partial charge on any atom is -0.378 e. The quantitative estimate of drug-likeness (QED) is 0.925. The number of anilines is 1. The van der Waals surface area contributed by atoms with Crippen LogP contribution in [0.15, 0.2) is 18.2 Å². The van der Waals surface area contributed by atoms with Crippen LogP contribution < -0.4 is 5.32 Å². The topological polar surface area (TPSA) is 58.6 Å². The Kier molecular flexibility index (Phi) is 4.16. The van der Waals surface area contributed by atoms with Crippen LogP contribution in [0.25, 0.3) is 0 Å². The Morgan fingerprint density at radius 3 is 2.64 bits per heavy atom. The van der Waals surface area contributed by atoms with Gasteiger partial charge in [-0.25, -0.2) is 0 Å². The molecule has 2 amide bonds. The summed E-state index contributed by atoms with van der Waals surface area (Å²) >= 11 is 0. The third-order valence-electron chi connectivity index (χ3n) is 4.42. The number of ether oxygens (including phenoxy) is 1. The summed E-state index contributed by atoms with van der Waals surface area (Å²) in [6.07, 6.45) is 0.660. The van der Waals surface area contributed by atoms with E-state index in [4.69, 9.17) is 4.74 Å². The van der Waals surface area contributed by atoms with Crippen molar-refractivity contribution in [3.8, 4) is 0 Å². The number of aryl methyl sites for hydroxylation is 2. The molecule has 1 aromatic rings. The zero-order valence-electron chi connectivity index (χ0n) is 13.1. The average Bonchev–Trinajstić information content (AvgIpc) is 3.32. The largest absolute Gasteiger partial charge is 0.378 e. The first-order valence-corrected chi connectivity index (χ1v) is 7.81. The Morgan fingerprint density at radius 2 is 1.91 bits per heavy atom. The standard InChI is InChI=1S/C17H22N2O3/c1-11-3-4-12(2)15(9-11)18-16(20)13-10-14(13)17(21)19-5-7-22-8-6-19/h3-4,9,13-14H,5-8,10H2,1-2H3,(H,18,20). The van der Waals surface area contributed by atoms with Crippen LogP contribution in [-0.4, -0.2) is 43.0 Å². The molecule has 2 fully saturated rings. The summed E-state index contributed by atoms with van der Waals surface area (Å²) < 4.78 is 5.25. The van der Waals surface area contributed by atoms with E-state index < -0.39 is 0 Å². The van der Waals surface area contributed by atoms with Gasteiger partial charge in [0.15, 0.2) is 0 Å². The molecule has 3 rings (SSSR count). The van der Waals surface area contributed by atoms with E-state index in [2.05, 4.69) is 5.32 Å². The van der Waals surface area contributed by atoms with Crippen molar-refractivity contribution in [2.45, 2.75) is 20.3 Å². The number of nitrogens with one attached hydrogen (secondary N) is 1. The molecule has 0 spiro atoms. The lowest BCUT2D eigenvalue weighted by Crippen LogP contribution is -2.42. The van der Waals surface area contributed by atoms with E-state index in [-0.39, 0.29) is 23.7 Å². The van der Waals surface area contributed by atoms with Gasteiger partial charge in [-0.3, -0.25) is 9.59 Å². The summed E-state index contributed by atoms with van der Waals surface area (Å²) in [4.78, 5) is 26.5. The van der Waals surface area contributed by atoms with Crippen molar-refractivity contribution in [1.29, 1.82) is 0 Å². The number of morpholine rings is 1. The van der Waals surface area contributed by atoms with Crippen molar-refractivity contribution in [3.05, 3.63) is 29.3 Å². The first kappa shape index (κ1) is 15.0. The maximum absolute atomic E-state index is 12.3. The summed E-state index contributed by atoms with van der Waals surface area (Å²) in [6, 6.07) is 5.98. The first-order chi connectivity index (χ1) is 10.6. The van der Waals surface area contributed by atoms with Crippen LogP contribution in [0.1, 0.15) is 17.5 Å². The normalized spacial score (nSPS) is 24.0. The predicted octanol–water partition coefficient (Wildman–Crippen LogP) is 1.74. The van der Waals surface area contributed by atoms with Gasteiger partial charge in [-0.2, -0.15) is 0 Å². The van der Waals surface area contributed by atoms with Crippen molar-refractivity contribution in [2.75, 3.05) is 31.6 Å². The van der Waals surface area contributed by atoms with Crippen LogP contribution in [0, 0.1) is 25.7 Å². The fraction of sp³-hybridized carbons (Fsp3) is 0.529. The van der Waals surface area contributed by atoms with Crippen molar-refractivity contribution in [3.63, 3.8) is 0 Å². The van der Waals surface area contributed by atoms with E-state index in [0.29, 0.717) is 32.7 Å². The molecular formula is C17H22N2O3. The summed E-state index contributed by atoms with van der Waals surface area (Å²) in [6.45, 7) is 6.44. The van der Waals surface area contributed by atoms with Crippen LogP contribution in [0.5, 0.6) is 0 Å². The summed E-state index contributed by atoms with van der Waals surface area (Å²) in [5, 5.41) is 2.97. The first-order valence-electron chi connectivity index (χ1n) is 7.81. The Labute approximate surface area is 130 Å². The SMILES string of the molecule is Cc1ccc(C)c(NC(=O)C2CC2C(=O)N2CCOCC2)c1. The van der Waals surface area contributed by atoms with Gasteiger partial charge in [-0.15, -0.1) is 0 Å². The fourth-order valence-corrected chi connectivity index (χ4v) is 2.87. The maximum Gasteiger partial charge on any atom is 0.228 e. The molecule has 1 heterocycles. The van der Waals surface area contributed by atoms with Crippen LogP contribution in [0.3, 0.4) is 0 Å². The molecule has 1 N–H and O–H groups in total. The Hall–Kier alpha value is -1.88. The second kappa shape index (κ2) is 6.08. The van der Waals surface area contributed by atoms with Gasteiger partial charge in [0.05, 0.1) is 25.0 Å². The summed E-state index contributed by atoms with van der Waals surface area (Å²) in [7, 11) is 0. The molecule has 0 aromatic heterocycles. The number of hydrogen-bond acceptors (Lipinski definition) is 3. The number of benzene rings is 1. The zero-order chi connectivity index (χ0) is 15.7. The van der Waals surface area contributed by atoms with Gasteiger partial charge < -0.3 is 15.0 Å². The molecule has 0 bridgehead atoms. The number of nitrogens with zero attached hydrogens (tertiary/aromatic N) is 1.